The van der Waals surface area contributed by atoms with E-state index in [0.717, 1.165) is 19.3 Å². The number of nitrogens with zero attached hydrogens (tertiary/aromatic N) is 2. The number of anilines is 2. The molecule has 2 heterocycles. The highest BCUT2D eigenvalue weighted by Gasteiger charge is 2.38. The maximum absolute atomic E-state index is 13.3. The van der Waals surface area contributed by atoms with Crippen LogP contribution in [0.1, 0.15) is 31.7 Å². The lowest BCUT2D eigenvalue weighted by molar-refractivity contribution is -0.122. The van der Waals surface area contributed by atoms with Gasteiger partial charge in [-0.15, -0.1) is 0 Å². The summed E-state index contributed by atoms with van der Waals surface area (Å²) in [5.41, 5.74) is 1.61. The van der Waals surface area contributed by atoms with Crippen molar-refractivity contribution < 1.29 is 27.5 Å². The number of carbonyl (C=O) groups excluding carboxylic acids is 2. The Labute approximate surface area is 199 Å². The first-order valence-electron chi connectivity index (χ1n) is 11.2. The molecule has 2 amide bonds. The van der Waals surface area contributed by atoms with Gasteiger partial charge in [-0.05, 0) is 48.7 Å². The number of sulfonamides is 1. The van der Waals surface area contributed by atoms with Crippen LogP contribution in [0.25, 0.3) is 0 Å². The molecule has 2 aromatic rings. The van der Waals surface area contributed by atoms with Gasteiger partial charge in [-0.2, -0.15) is 4.31 Å². The van der Waals surface area contributed by atoms with E-state index in [1.807, 2.05) is 0 Å². The molecule has 0 radical (unpaired) electrons. The Morgan fingerprint density at radius 3 is 2.38 bits per heavy atom. The maximum Gasteiger partial charge on any atom is 0.248 e. The van der Waals surface area contributed by atoms with E-state index in [1.165, 1.54) is 36.4 Å². The Morgan fingerprint density at radius 2 is 1.74 bits per heavy atom. The van der Waals surface area contributed by atoms with Gasteiger partial charge in [-0.3, -0.25) is 14.5 Å². The van der Waals surface area contributed by atoms with Crippen LogP contribution in [0.5, 0.6) is 11.5 Å². The molecule has 2 aromatic carbocycles. The van der Waals surface area contributed by atoms with E-state index in [1.54, 1.807) is 30.3 Å². The van der Waals surface area contributed by atoms with Gasteiger partial charge in [0.05, 0.1) is 24.8 Å². The summed E-state index contributed by atoms with van der Waals surface area (Å²) in [7, 11) is -0.608. The monoisotopic (exact) mass is 487 g/mol. The van der Waals surface area contributed by atoms with Gasteiger partial charge in [0.15, 0.2) is 0 Å². The van der Waals surface area contributed by atoms with Crippen LogP contribution in [-0.4, -0.2) is 57.9 Å². The Kier molecular flexibility index (Phi) is 6.81. The molecular weight excluding hydrogens is 458 g/mol. The van der Waals surface area contributed by atoms with Crippen molar-refractivity contribution in [3.8, 4) is 11.5 Å². The van der Waals surface area contributed by atoms with E-state index < -0.39 is 22.0 Å². The normalized spacial score (nSPS) is 18.3. The number of rotatable bonds is 6. The van der Waals surface area contributed by atoms with Crippen molar-refractivity contribution in [1.29, 1.82) is 0 Å². The fourth-order valence-corrected chi connectivity index (χ4v) is 6.14. The van der Waals surface area contributed by atoms with Crippen LogP contribution < -0.4 is 19.7 Å². The molecular formula is C24H29N3O6S. The van der Waals surface area contributed by atoms with Gasteiger partial charge in [0.25, 0.3) is 0 Å². The average molecular weight is 488 g/mol. The first-order chi connectivity index (χ1) is 16.3. The van der Waals surface area contributed by atoms with E-state index in [-0.39, 0.29) is 17.2 Å². The minimum atomic E-state index is -3.63. The summed E-state index contributed by atoms with van der Waals surface area (Å²) in [5.74, 6) is 0.289. The van der Waals surface area contributed by atoms with Gasteiger partial charge < -0.3 is 14.8 Å². The number of hydrogen-bond donors (Lipinski definition) is 1. The highest BCUT2D eigenvalue weighted by Crippen LogP contribution is 2.36. The van der Waals surface area contributed by atoms with Crippen LogP contribution in [0.2, 0.25) is 0 Å². The third kappa shape index (κ3) is 4.47. The molecule has 1 N–H and O–H groups in total. The zero-order valence-electron chi connectivity index (χ0n) is 19.5. The number of nitrogens with one attached hydrogen (secondary N) is 1. The second kappa shape index (κ2) is 9.63. The van der Waals surface area contributed by atoms with Gasteiger partial charge in [0, 0.05) is 38.2 Å². The molecule has 10 heteroatoms. The average Bonchev–Trinajstić information content (AvgIpc) is 3.24. The highest BCUT2D eigenvalue weighted by atomic mass is 32.2. The van der Waals surface area contributed by atoms with Crippen LogP contribution in [0.15, 0.2) is 41.3 Å². The van der Waals surface area contributed by atoms with Gasteiger partial charge in [0.1, 0.15) is 17.5 Å². The number of methoxy groups -OCH3 is 2. The molecule has 0 aliphatic carbocycles. The highest BCUT2D eigenvalue weighted by molar-refractivity contribution is 7.89. The molecule has 9 nitrogen and oxygen atoms in total. The van der Waals surface area contributed by atoms with Crippen molar-refractivity contribution in [1.82, 2.24) is 4.31 Å². The summed E-state index contributed by atoms with van der Waals surface area (Å²) in [6, 6.07) is 8.94. The molecule has 1 fully saturated rings. The van der Waals surface area contributed by atoms with Crippen molar-refractivity contribution >= 4 is 33.2 Å². The molecule has 1 atom stereocenters. The molecule has 34 heavy (non-hydrogen) atoms. The molecule has 0 spiro atoms. The van der Waals surface area contributed by atoms with Gasteiger partial charge in [-0.1, -0.05) is 6.42 Å². The molecule has 2 aliphatic rings. The lowest BCUT2D eigenvalue weighted by Crippen LogP contribution is -2.44. The van der Waals surface area contributed by atoms with E-state index in [2.05, 4.69) is 5.32 Å². The number of benzene rings is 2. The SMILES string of the molecule is COc1ccc(OC)c(NC(=O)[C@@H]2Cc3cc(S(=O)(=O)N4CCCCC4)ccc3N2C(C)=O)c1. The van der Waals surface area contributed by atoms with Gasteiger partial charge in [-0.25, -0.2) is 8.42 Å². The van der Waals surface area contributed by atoms with Crippen molar-refractivity contribution in [2.45, 2.75) is 43.5 Å². The van der Waals surface area contributed by atoms with E-state index in [0.29, 0.717) is 41.5 Å². The van der Waals surface area contributed by atoms with Crippen LogP contribution in [0.3, 0.4) is 0 Å². The maximum atomic E-state index is 13.3. The zero-order valence-corrected chi connectivity index (χ0v) is 20.4. The predicted octanol–water partition coefficient (Wildman–Crippen LogP) is 2.79. The van der Waals surface area contributed by atoms with Gasteiger partial charge in [0.2, 0.25) is 21.8 Å². The van der Waals surface area contributed by atoms with E-state index in [9.17, 15) is 18.0 Å². The standard InChI is InChI=1S/C24H29N3O6S/c1-16(28)27-21-9-8-19(34(30,31)26-11-5-4-6-12-26)13-17(21)14-22(27)24(29)25-20-15-18(32-2)7-10-23(20)33-3/h7-10,13,15,22H,4-6,11-12,14H2,1-3H3,(H,25,29)/t22-/m0/s1. The minimum absolute atomic E-state index is 0.187. The molecule has 0 unspecified atom stereocenters. The van der Waals surface area contributed by atoms with Crippen LogP contribution >= 0.6 is 0 Å². The van der Waals surface area contributed by atoms with E-state index >= 15 is 0 Å². The molecule has 0 saturated carbocycles. The summed E-state index contributed by atoms with van der Waals surface area (Å²) in [5, 5.41) is 2.83. The number of fused-ring (bicyclic) bond motifs is 1. The van der Waals surface area contributed by atoms with Crippen molar-refractivity contribution in [3.63, 3.8) is 0 Å². The summed E-state index contributed by atoms with van der Waals surface area (Å²) >= 11 is 0. The summed E-state index contributed by atoms with van der Waals surface area (Å²) in [6.45, 7) is 2.40. The first kappa shape index (κ1) is 24.0. The molecule has 1 saturated heterocycles. The number of hydrogen-bond acceptors (Lipinski definition) is 6. The Hall–Kier alpha value is -3.11. The van der Waals surface area contributed by atoms with Crippen LogP contribution in [0, 0.1) is 0 Å². The number of piperidine rings is 1. The smallest absolute Gasteiger partial charge is 0.248 e. The quantitative estimate of drug-likeness (QED) is 0.672. The van der Waals surface area contributed by atoms with Crippen molar-refractivity contribution in [2.75, 3.05) is 37.5 Å². The fraction of sp³-hybridized carbons (Fsp3) is 0.417. The molecule has 0 aromatic heterocycles. The first-order valence-corrected chi connectivity index (χ1v) is 12.7. The number of ether oxygens (including phenoxy) is 2. The second-order valence-electron chi connectivity index (χ2n) is 8.42. The lowest BCUT2D eigenvalue weighted by Gasteiger charge is -2.26. The summed E-state index contributed by atoms with van der Waals surface area (Å²) < 4.78 is 38.3. The Bertz CT molecular complexity index is 1210. The molecule has 4 rings (SSSR count). The predicted molar refractivity (Wildman–Crippen MR) is 128 cm³/mol. The molecule has 182 valence electrons. The largest absolute Gasteiger partial charge is 0.497 e. The molecule has 2 aliphatic heterocycles. The fourth-order valence-electron chi connectivity index (χ4n) is 4.57. The Balaban J connectivity index is 1.62. The van der Waals surface area contributed by atoms with Crippen LogP contribution in [-0.2, 0) is 26.0 Å². The zero-order chi connectivity index (χ0) is 24.5. The van der Waals surface area contributed by atoms with Gasteiger partial charge >= 0.3 is 0 Å². The topological polar surface area (TPSA) is 105 Å². The Morgan fingerprint density at radius 1 is 1.00 bits per heavy atom. The summed E-state index contributed by atoms with van der Waals surface area (Å²) in [4.78, 5) is 27.4. The van der Waals surface area contributed by atoms with Crippen molar-refractivity contribution in [2.24, 2.45) is 0 Å². The summed E-state index contributed by atoms with van der Waals surface area (Å²) in [6.07, 6.45) is 2.92. The van der Waals surface area contributed by atoms with Crippen LogP contribution in [0.4, 0.5) is 11.4 Å². The third-order valence-electron chi connectivity index (χ3n) is 6.29. The third-order valence-corrected chi connectivity index (χ3v) is 8.19. The lowest BCUT2D eigenvalue weighted by atomic mass is 10.1. The minimum Gasteiger partial charge on any atom is -0.497 e. The van der Waals surface area contributed by atoms with E-state index in [4.69, 9.17) is 9.47 Å². The molecule has 0 bridgehead atoms. The van der Waals surface area contributed by atoms with Crippen molar-refractivity contribution in [3.05, 3.63) is 42.0 Å². The number of carbonyl (C=O) groups is 2. The number of amides is 2. The second-order valence-corrected chi connectivity index (χ2v) is 10.4.